The minimum absolute atomic E-state index is 0.0788. The molecular formula is C17H21N3O4S. The number of benzene rings is 1. The number of ether oxygens (including phenoxy) is 1. The van der Waals surface area contributed by atoms with E-state index in [1.54, 1.807) is 47.6 Å². The molecule has 7 nitrogen and oxygen atoms in total. The van der Waals surface area contributed by atoms with Gasteiger partial charge in [-0.1, -0.05) is 0 Å². The normalized spacial score (nSPS) is 16.4. The lowest BCUT2D eigenvalue weighted by atomic mass is 10.3. The number of aromatic amines is 1. The predicted molar refractivity (Wildman–Crippen MR) is 93.1 cm³/mol. The van der Waals surface area contributed by atoms with Gasteiger partial charge in [-0.3, -0.25) is 4.79 Å². The number of carbonyl (C=O) groups excluding carboxylic acids is 1. The standard InChI is InChI=1S/C17H21N3O4S/c1-24-15-3-5-16(6-4-15)25(22,23)20-10-2-9-19(11-12-20)17(21)14-7-8-18-13-14/h3-8,13,18H,2,9-12H2,1H3. The Hall–Kier alpha value is -2.32. The number of sulfonamides is 1. The second-order valence-corrected chi connectivity index (χ2v) is 7.76. The Morgan fingerprint density at radius 3 is 2.48 bits per heavy atom. The van der Waals surface area contributed by atoms with E-state index in [1.807, 2.05) is 0 Å². The molecule has 1 aliphatic rings. The maximum absolute atomic E-state index is 12.8. The molecule has 0 atom stereocenters. The smallest absolute Gasteiger partial charge is 0.255 e. The molecule has 2 aromatic rings. The number of hydrogen-bond donors (Lipinski definition) is 1. The van der Waals surface area contributed by atoms with Crippen LogP contribution in [0.25, 0.3) is 0 Å². The summed E-state index contributed by atoms with van der Waals surface area (Å²) < 4.78 is 32.2. The van der Waals surface area contributed by atoms with Crippen molar-refractivity contribution in [3.63, 3.8) is 0 Å². The Morgan fingerprint density at radius 1 is 1.08 bits per heavy atom. The second-order valence-electron chi connectivity index (χ2n) is 5.83. The molecule has 0 saturated carbocycles. The van der Waals surface area contributed by atoms with Crippen molar-refractivity contribution >= 4 is 15.9 Å². The lowest BCUT2D eigenvalue weighted by molar-refractivity contribution is 0.0764. The fourth-order valence-corrected chi connectivity index (χ4v) is 4.34. The summed E-state index contributed by atoms with van der Waals surface area (Å²) >= 11 is 0. The van der Waals surface area contributed by atoms with E-state index in [0.717, 1.165) is 0 Å². The highest BCUT2D eigenvalue weighted by Crippen LogP contribution is 2.21. The van der Waals surface area contributed by atoms with Crippen molar-refractivity contribution in [2.45, 2.75) is 11.3 Å². The van der Waals surface area contributed by atoms with Gasteiger partial charge in [0.15, 0.2) is 0 Å². The van der Waals surface area contributed by atoms with Crippen LogP contribution in [0, 0.1) is 0 Å². The molecule has 0 aliphatic carbocycles. The van der Waals surface area contributed by atoms with Gasteiger partial charge in [0.2, 0.25) is 10.0 Å². The molecule has 25 heavy (non-hydrogen) atoms. The molecule has 1 aromatic carbocycles. The number of nitrogens with one attached hydrogen (secondary N) is 1. The van der Waals surface area contributed by atoms with Gasteiger partial charge >= 0.3 is 0 Å². The van der Waals surface area contributed by atoms with E-state index in [0.29, 0.717) is 37.4 Å². The molecule has 1 N–H and O–H groups in total. The largest absolute Gasteiger partial charge is 0.497 e. The summed E-state index contributed by atoms with van der Waals surface area (Å²) in [5, 5.41) is 0. The summed E-state index contributed by atoms with van der Waals surface area (Å²) in [6, 6.07) is 8.07. The first-order valence-corrected chi connectivity index (χ1v) is 9.52. The highest BCUT2D eigenvalue weighted by Gasteiger charge is 2.28. The fraction of sp³-hybridized carbons (Fsp3) is 0.353. The van der Waals surface area contributed by atoms with E-state index in [4.69, 9.17) is 4.74 Å². The Kier molecular flexibility index (Phi) is 5.10. The van der Waals surface area contributed by atoms with Crippen molar-refractivity contribution in [2.75, 3.05) is 33.3 Å². The molecule has 1 aliphatic heterocycles. The number of rotatable bonds is 4. The molecule has 0 unspecified atom stereocenters. The Labute approximate surface area is 147 Å². The van der Waals surface area contributed by atoms with Crippen molar-refractivity contribution in [3.05, 3.63) is 48.3 Å². The topological polar surface area (TPSA) is 82.7 Å². The minimum Gasteiger partial charge on any atom is -0.497 e. The van der Waals surface area contributed by atoms with E-state index in [9.17, 15) is 13.2 Å². The number of H-pyrrole nitrogens is 1. The van der Waals surface area contributed by atoms with Crippen LogP contribution in [0.3, 0.4) is 0 Å². The van der Waals surface area contributed by atoms with Gasteiger partial charge in [0.05, 0.1) is 17.6 Å². The Morgan fingerprint density at radius 2 is 1.84 bits per heavy atom. The van der Waals surface area contributed by atoms with Crippen LogP contribution in [0.1, 0.15) is 16.8 Å². The lowest BCUT2D eigenvalue weighted by Crippen LogP contribution is -2.37. The highest BCUT2D eigenvalue weighted by molar-refractivity contribution is 7.89. The van der Waals surface area contributed by atoms with E-state index >= 15 is 0 Å². The van der Waals surface area contributed by atoms with Crippen molar-refractivity contribution in [1.82, 2.24) is 14.2 Å². The van der Waals surface area contributed by atoms with Gasteiger partial charge in [-0.25, -0.2) is 8.42 Å². The van der Waals surface area contributed by atoms with Gasteiger partial charge in [-0.2, -0.15) is 4.31 Å². The zero-order chi connectivity index (χ0) is 17.9. The average molecular weight is 363 g/mol. The maximum Gasteiger partial charge on any atom is 0.255 e. The summed E-state index contributed by atoms with van der Waals surface area (Å²) in [6.07, 6.45) is 3.95. The molecule has 2 heterocycles. The van der Waals surface area contributed by atoms with Gasteiger partial charge in [-0.05, 0) is 36.8 Å². The van der Waals surface area contributed by atoms with Gasteiger partial charge in [-0.15, -0.1) is 0 Å². The first-order chi connectivity index (χ1) is 12.0. The molecule has 1 saturated heterocycles. The van der Waals surface area contributed by atoms with E-state index in [2.05, 4.69) is 4.98 Å². The number of aromatic nitrogens is 1. The summed E-state index contributed by atoms with van der Waals surface area (Å²) in [6.45, 7) is 1.59. The molecular weight excluding hydrogens is 342 g/mol. The van der Waals surface area contributed by atoms with Gasteiger partial charge < -0.3 is 14.6 Å². The Bertz CT molecular complexity index is 816. The summed E-state index contributed by atoms with van der Waals surface area (Å²) in [7, 11) is -2.04. The van der Waals surface area contributed by atoms with Crippen molar-refractivity contribution in [3.8, 4) is 5.75 Å². The number of amides is 1. The number of hydrogen-bond acceptors (Lipinski definition) is 4. The van der Waals surface area contributed by atoms with Crippen molar-refractivity contribution in [1.29, 1.82) is 0 Å². The first kappa shape index (κ1) is 17.5. The third-order valence-electron chi connectivity index (χ3n) is 4.28. The number of carbonyl (C=O) groups is 1. The van der Waals surface area contributed by atoms with E-state index in [1.165, 1.54) is 11.4 Å². The van der Waals surface area contributed by atoms with Crippen LogP contribution < -0.4 is 4.74 Å². The average Bonchev–Trinajstić information content (AvgIpc) is 3.05. The Balaban J connectivity index is 1.72. The van der Waals surface area contributed by atoms with Crippen LogP contribution in [0.15, 0.2) is 47.6 Å². The summed E-state index contributed by atoms with van der Waals surface area (Å²) in [5.74, 6) is 0.531. The first-order valence-electron chi connectivity index (χ1n) is 8.08. The van der Waals surface area contributed by atoms with E-state index < -0.39 is 10.0 Å². The second kappa shape index (κ2) is 7.28. The molecule has 1 fully saturated rings. The molecule has 0 bridgehead atoms. The third-order valence-corrected chi connectivity index (χ3v) is 6.20. The summed E-state index contributed by atoms with van der Waals surface area (Å²) in [5.41, 5.74) is 0.589. The predicted octanol–water partition coefficient (Wildman–Crippen LogP) is 1.56. The lowest BCUT2D eigenvalue weighted by Gasteiger charge is -2.21. The van der Waals surface area contributed by atoms with Gasteiger partial charge in [0.1, 0.15) is 5.75 Å². The zero-order valence-corrected chi connectivity index (χ0v) is 14.8. The van der Waals surface area contributed by atoms with Crippen LogP contribution in [0.2, 0.25) is 0 Å². The van der Waals surface area contributed by atoms with Crippen LogP contribution >= 0.6 is 0 Å². The summed E-state index contributed by atoms with van der Waals surface area (Å²) in [4.78, 5) is 17.2. The van der Waals surface area contributed by atoms with Crippen LogP contribution in [-0.4, -0.2) is 61.8 Å². The maximum atomic E-state index is 12.8. The monoisotopic (exact) mass is 363 g/mol. The van der Waals surface area contributed by atoms with Crippen LogP contribution in [0.5, 0.6) is 5.75 Å². The zero-order valence-electron chi connectivity index (χ0n) is 14.0. The third kappa shape index (κ3) is 3.69. The molecule has 0 spiro atoms. The fourth-order valence-electron chi connectivity index (χ4n) is 2.87. The minimum atomic E-state index is -3.58. The quantitative estimate of drug-likeness (QED) is 0.894. The molecule has 0 radical (unpaired) electrons. The molecule has 1 aromatic heterocycles. The molecule has 8 heteroatoms. The van der Waals surface area contributed by atoms with Gasteiger partial charge in [0, 0.05) is 38.6 Å². The molecule has 1 amide bonds. The van der Waals surface area contributed by atoms with Crippen LogP contribution in [0.4, 0.5) is 0 Å². The van der Waals surface area contributed by atoms with Crippen molar-refractivity contribution in [2.24, 2.45) is 0 Å². The van der Waals surface area contributed by atoms with Crippen LogP contribution in [-0.2, 0) is 10.0 Å². The van der Waals surface area contributed by atoms with Crippen molar-refractivity contribution < 1.29 is 17.9 Å². The number of methoxy groups -OCH3 is 1. The number of nitrogens with zero attached hydrogens (tertiary/aromatic N) is 2. The molecule has 134 valence electrons. The van der Waals surface area contributed by atoms with Gasteiger partial charge in [0.25, 0.3) is 5.91 Å². The molecule has 3 rings (SSSR count). The SMILES string of the molecule is COc1ccc(S(=O)(=O)N2CCCN(C(=O)c3cc[nH]c3)CC2)cc1. The highest BCUT2D eigenvalue weighted by atomic mass is 32.2. The van der Waals surface area contributed by atoms with E-state index in [-0.39, 0.29) is 17.3 Å².